The van der Waals surface area contributed by atoms with Crippen molar-refractivity contribution in [3.8, 4) is 17.1 Å². The molecule has 0 saturated heterocycles. The molecule has 6 nitrogen and oxygen atoms in total. The van der Waals surface area contributed by atoms with E-state index in [-0.39, 0.29) is 17.5 Å². The summed E-state index contributed by atoms with van der Waals surface area (Å²) in [6, 6.07) is 29.3. The Hall–Kier alpha value is -4.30. The van der Waals surface area contributed by atoms with Gasteiger partial charge in [-0.05, 0) is 54.1 Å². The van der Waals surface area contributed by atoms with Crippen molar-refractivity contribution in [3.63, 3.8) is 0 Å². The first-order valence-corrected chi connectivity index (χ1v) is 12.3. The number of para-hydroxylation sites is 1. The normalized spacial score (nSPS) is 10.8. The Bertz CT molecular complexity index is 1430. The number of nitrogens with zero attached hydrogens (tertiary/aromatic N) is 5. The number of pyridine rings is 1. The number of hydrogen-bond donors (Lipinski definition) is 0. The fraction of sp³-hybridized carbons (Fsp3) is 0.0714. The summed E-state index contributed by atoms with van der Waals surface area (Å²) < 4.78 is 15.5. The number of carbonyl (C=O) groups is 1. The van der Waals surface area contributed by atoms with Crippen molar-refractivity contribution in [2.75, 3.05) is 10.7 Å². The summed E-state index contributed by atoms with van der Waals surface area (Å²) in [5, 5.41) is 9.29. The van der Waals surface area contributed by atoms with Gasteiger partial charge in [0.15, 0.2) is 11.0 Å². The Morgan fingerprint density at radius 1 is 0.833 bits per heavy atom. The third-order valence-corrected chi connectivity index (χ3v) is 6.45. The molecule has 2 heterocycles. The van der Waals surface area contributed by atoms with Gasteiger partial charge in [-0.1, -0.05) is 60.3 Å². The summed E-state index contributed by atoms with van der Waals surface area (Å²) in [5.74, 6) is 0.343. The van der Waals surface area contributed by atoms with Gasteiger partial charge in [-0.25, -0.2) is 4.39 Å². The van der Waals surface area contributed by atoms with Crippen LogP contribution in [-0.2, 0) is 11.3 Å². The topological polar surface area (TPSA) is 63.9 Å². The Labute approximate surface area is 212 Å². The molecule has 0 unspecified atom stereocenters. The minimum Gasteiger partial charge on any atom is -0.307 e. The van der Waals surface area contributed by atoms with Gasteiger partial charge in [-0.15, -0.1) is 10.2 Å². The third-order valence-electron chi connectivity index (χ3n) is 5.53. The highest BCUT2D eigenvalue weighted by molar-refractivity contribution is 7.99. The highest BCUT2D eigenvalue weighted by Gasteiger charge is 2.21. The van der Waals surface area contributed by atoms with Gasteiger partial charge in [0.25, 0.3) is 0 Å². The molecule has 0 bridgehead atoms. The Kier molecular flexibility index (Phi) is 7.14. The highest BCUT2D eigenvalue weighted by Crippen LogP contribution is 2.29. The number of anilines is 1. The van der Waals surface area contributed by atoms with Gasteiger partial charge < -0.3 is 4.90 Å². The molecule has 0 radical (unpaired) electrons. The van der Waals surface area contributed by atoms with Crippen molar-refractivity contribution < 1.29 is 9.18 Å². The largest absolute Gasteiger partial charge is 0.307 e. The molecule has 5 rings (SSSR count). The lowest BCUT2D eigenvalue weighted by atomic mass is 10.2. The molecule has 5 aromatic rings. The maximum Gasteiger partial charge on any atom is 0.237 e. The Morgan fingerprint density at radius 2 is 1.50 bits per heavy atom. The molecular weight excluding hydrogens is 473 g/mol. The zero-order chi connectivity index (χ0) is 24.7. The summed E-state index contributed by atoms with van der Waals surface area (Å²) in [5.41, 5.74) is 3.38. The number of thioether (sulfide) groups is 1. The molecular formula is C28H22FN5OS. The highest BCUT2D eigenvalue weighted by atomic mass is 32.2. The Balaban J connectivity index is 1.44. The molecule has 0 spiro atoms. The van der Waals surface area contributed by atoms with Crippen LogP contribution in [0.4, 0.5) is 10.1 Å². The van der Waals surface area contributed by atoms with Crippen molar-refractivity contribution in [1.29, 1.82) is 0 Å². The second kappa shape index (κ2) is 11.0. The number of hydrogen-bond acceptors (Lipinski definition) is 5. The molecule has 0 aliphatic rings. The van der Waals surface area contributed by atoms with E-state index in [1.54, 1.807) is 29.4 Å². The minimum absolute atomic E-state index is 0.0610. The van der Waals surface area contributed by atoms with Crippen LogP contribution < -0.4 is 4.90 Å². The van der Waals surface area contributed by atoms with Crippen LogP contribution in [0.2, 0.25) is 0 Å². The van der Waals surface area contributed by atoms with E-state index in [1.807, 2.05) is 77.4 Å². The summed E-state index contributed by atoms with van der Waals surface area (Å²) in [7, 11) is 0. The maximum absolute atomic E-state index is 13.6. The monoisotopic (exact) mass is 495 g/mol. The number of benzene rings is 3. The summed E-state index contributed by atoms with van der Waals surface area (Å²) in [6.07, 6.45) is 3.35. The van der Waals surface area contributed by atoms with Gasteiger partial charge >= 0.3 is 0 Å². The molecule has 36 heavy (non-hydrogen) atoms. The zero-order valence-electron chi connectivity index (χ0n) is 19.2. The predicted molar refractivity (Wildman–Crippen MR) is 139 cm³/mol. The number of rotatable bonds is 8. The van der Waals surface area contributed by atoms with E-state index >= 15 is 0 Å². The van der Waals surface area contributed by atoms with E-state index < -0.39 is 0 Å². The molecule has 0 atom stereocenters. The zero-order valence-corrected chi connectivity index (χ0v) is 20.1. The number of aromatic nitrogens is 4. The second-order valence-electron chi connectivity index (χ2n) is 7.94. The van der Waals surface area contributed by atoms with Crippen LogP contribution in [0.1, 0.15) is 5.56 Å². The lowest BCUT2D eigenvalue weighted by Crippen LogP contribution is -2.32. The molecule has 0 aliphatic carbocycles. The second-order valence-corrected chi connectivity index (χ2v) is 8.89. The van der Waals surface area contributed by atoms with E-state index in [9.17, 15) is 9.18 Å². The lowest BCUT2D eigenvalue weighted by molar-refractivity contribution is -0.116. The van der Waals surface area contributed by atoms with Crippen molar-refractivity contribution >= 4 is 23.4 Å². The van der Waals surface area contributed by atoms with E-state index in [0.29, 0.717) is 23.2 Å². The molecule has 8 heteroatoms. The molecule has 0 N–H and O–H groups in total. The van der Waals surface area contributed by atoms with Crippen LogP contribution in [0.3, 0.4) is 0 Å². The minimum atomic E-state index is -0.332. The van der Waals surface area contributed by atoms with Crippen molar-refractivity contribution in [2.45, 2.75) is 11.7 Å². The fourth-order valence-electron chi connectivity index (χ4n) is 3.78. The van der Waals surface area contributed by atoms with Crippen LogP contribution in [0, 0.1) is 5.82 Å². The average molecular weight is 496 g/mol. The van der Waals surface area contributed by atoms with Crippen LogP contribution in [0.5, 0.6) is 0 Å². The molecule has 3 aromatic carbocycles. The molecule has 178 valence electrons. The molecule has 2 aromatic heterocycles. The number of halogens is 1. The van der Waals surface area contributed by atoms with Gasteiger partial charge in [-0.3, -0.25) is 14.3 Å². The SMILES string of the molecule is O=C(CSc1nnc(-c2ccncc2)n1-c1ccc(F)cc1)N(Cc1ccccc1)c1ccccc1. The van der Waals surface area contributed by atoms with Crippen LogP contribution in [0.25, 0.3) is 17.1 Å². The van der Waals surface area contributed by atoms with Crippen LogP contribution >= 0.6 is 11.8 Å². The van der Waals surface area contributed by atoms with Crippen LogP contribution in [-0.4, -0.2) is 31.4 Å². The molecule has 0 aliphatic heterocycles. The van der Waals surface area contributed by atoms with Crippen LogP contribution in [0.15, 0.2) is 115 Å². The van der Waals surface area contributed by atoms with Gasteiger partial charge in [0.2, 0.25) is 5.91 Å². The average Bonchev–Trinajstić information content (AvgIpc) is 3.36. The van der Waals surface area contributed by atoms with Gasteiger partial charge in [0.1, 0.15) is 5.82 Å². The van der Waals surface area contributed by atoms with E-state index in [2.05, 4.69) is 15.2 Å². The first kappa shape index (κ1) is 23.4. The summed E-state index contributed by atoms with van der Waals surface area (Å²) >= 11 is 1.29. The van der Waals surface area contributed by atoms with Crippen molar-refractivity contribution in [3.05, 3.63) is 121 Å². The fourth-order valence-corrected chi connectivity index (χ4v) is 4.60. The molecule has 1 amide bonds. The first-order chi connectivity index (χ1) is 17.7. The summed E-state index contributed by atoms with van der Waals surface area (Å²) in [6.45, 7) is 0.456. The Morgan fingerprint density at radius 3 is 2.19 bits per heavy atom. The van der Waals surface area contributed by atoms with Crippen molar-refractivity contribution in [1.82, 2.24) is 19.7 Å². The standard InChI is InChI=1S/C28H22FN5OS/c29-23-11-13-25(14-12-23)34-27(22-15-17-30-18-16-22)31-32-28(34)36-20-26(35)33(24-9-5-2-6-10-24)19-21-7-3-1-4-8-21/h1-18H,19-20H2. The van der Waals surface area contributed by atoms with Gasteiger partial charge in [0.05, 0.1) is 12.3 Å². The first-order valence-electron chi connectivity index (χ1n) is 11.3. The van der Waals surface area contributed by atoms with Crippen molar-refractivity contribution in [2.24, 2.45) is 0 Å². The van der Waals surface area contributed by atoms with E-state index in [0.717, 1.165) is 16.8 Å². The number of amides is 1. The molecule has 0 saturated carbocycles. The smallest absolute Gasteiger partial charge is 0.237 e. The van der Waals surface area contributed by atoms with E-state index in [1.165, 1.54) is 23.9 Å². The van der Waals surface area contributed by atoms with E-state index in [4.69, 9.17) is 0 Å². The third kappa shape index (κ3) is 5.34. The van der Waals surface area contributed by atoms with Gasteiger partial charge in [-0.2, -0.15) is 0 Å². The molecule has 0 fully saturated rings. The maximum atomic E-state index is 13.6. The predicted octanol–water partition coefficient (Wildman–Crippen LogP) is 5.79. The van der Waals surface area contributed by atoms with Gasteiger partial charge in [0, 0.05) is 29.3 Å². The summed E-state index contributed by atoms with van der Waals surface area (Å²) in [4.78, 5) is 19.3. The number of carbonyl (C=O) groups excluding carboxylic acids is 1. The quantitative estimate of drug-likeness (QED) is 0.255. The lowest BCUT2D eigenvalue weighted by Gasteiger charge is -2.23.